The number of nitrogens with one attached hydrogen (secondary N) is 1. The first kappa shape index (κ1) is 11.9. The van der Waals surface area contributed by atoms with E-state index in [0.717, 1.165) is 16.9 Å². The molecule has 2 aromatic rings. The third-order valence-electron chi connectivity index (χ3n) is 2.09. The van der Waals surface area contributed by atoms with Crippen LogP contribution in [0.25, 0.3) is 0 Å². The number of rotatable bonds is 3. The molecule has 6 heteroatoms. The number of nitrogens with zero attached hydrogens (tertiary/aromatic N) is 1. The minimum Gasteiger partial charge on any atom is -0.375 e. The summed E-state index contributed by atoms with van der Waals surface area (Å²) in [4.78, 5) is 16.0. The molecule has 0 unspecified atom stereocenters. The van der Waals surface area contributed by atoms with Crippen LogP contribution in [-0.2, 0) is 6.54 Å². The highest BCUT2D eigenvalue weighted by atomic mass is 35.5. The molecule has 3 N–H and O–H groups in total. The molecule has 0 bridgehead atoms. The molecule has 4 nitrogen and oxygen atoms in total. The molecule has 0 aliphatic carbocycles. The van der Waals surface area contributed by atoms with E-state index in [2.05, 4.69) is 10.3 Å². The Hall–Kier alpha value is -1.59. The summed E-state index contributed by atoms with van der Waals surface area (Å²) in [6.45, 7) is 0.428. The average molecular weight is 268 g/mol. The first-order valence-corrected chi connectivity index (χ1v) is 6.08. The molecule has 17 heavy (non-hydrogen) atoms. The van der Waals surface area contributed by atoms with E-state index in [0.29, 0.717) is 21.6 Å². The van der Waals surface area contributed by atoms with Crippen molar-refractivity contribution in [2.45, 2.75) is 6.54 Å². The number of benzene rings is 1. The Kier molecular flexibility index (Phi) is 3.61. The summed E-state index contributed by atoms with van der Waals surface area (Å²) in [5, 5.41) is 3.81. The van der Waals surface area contributed by atoms with Crippen molar-refractivity contribution in [3.8, 4) is 0 Å². The van der Waals surface area contributed by atoms with Gasteiger partial charge < -0.3 is 11.1 Å². The molecule has 0 saturated heterocycles. The van der Waals surface area contributed by atoms with E-state index in [-0.39, 0.29) is 5.91 Å². The molecule has 0 aliphatic heterocycles. The summed E-state index contributed by atoms with van der Waals surface area (Å²) in [5.74, 6) is -0.181. The fraction of sp³-hybridized carbons (Fsp3) is 0.0909. The fourth-order valence-corrected chi connectivity index (χ4v) is 2.12. The van der Waals surface area contributed by atoms with E-state index in [4.69, 9.17) is 17.3 Å². The molecule has 0 aliphatic rings. The van der Waals surface area contributed by atoms with Crippen molar-refractivity contribution in [1.29, 1.82) is 0 Å². The van der Waals surface area contributed by atoms with Gasteiger partial charge in [-0.3, -0.25) is 4.79 Å². The number of amides is 1. The van der Waals surface area contributed by atoms with Gasteiger partial charge in [0.1, 0.15) is 4.88 Å². The van der Waals surface area contributed by atoms with Crippen molar-refractivity contribution in [1.82, 2.24) is 10.3 Å². The zero-order chi connectivity index (χ0) is 12.3. The number of aromatic nitrogens is 1. The van der Waals surface area contributed by atoms with E-state index in [1.807, 2.05) is 18.2 Å². The predicted octanol–water partition coefficient (Wildman–Crippen LogP) is 2.31. The molecule has 0 atom stereocenters. The Balaban J connectivity index is 1.97. The smallest absolute Gasteiger partial charge is 0.263 e. The Labute approximate surface area is 107 Å². The molecule has 88 valence electrons. The van der Waals surface area contributed by atoms with E-state index in [1.54, 1.807) is 6.07 Å². The van der Waals surface area contributed by atoms with Gasteiger partial charge in [-0.05, 0) is 17.7 Å². The number of anilines is 1. The van der Waals surface area contributed by atoms with Gasteiger partial charge in [0, 0.05) is 11.6 Å². The van der Waals surface area contributed by atoms with Crippen LogP contribution in [-0.4, -0.2) is 10.9 Å². The van der Waals surface area contributed by atoms with Gasteiger partial charge in [-0.1, -0.05) is 35.1 Å². The molecular formula is C11H10ClN3OS. The first-order chi connectivity index (χ1) is 8.15. The highest BCUT2D eigenvalue weighted by Gasteiger charge is 2.08. The van der Waals surface area contributed by atoms with Crippen molar-refractivity contribution < 1.29 is 4.79 Å². The van der Waals surface area contributed by atoms with Gasteiger partial charge in [-0.25, -0.2) is 4.98 Å². The van der Waals surface area contributed by atoms with Gasteiger partial charge in [-0.2, -0.15) is 0 Å². The third kappa shape index (κ3) is 3.18. The van der Waals surface area contributed by atoms with Crippen LogP contribution in [0.1, 0.15) is 15.2 Å². The molecule has 0 radical (unpaired) electrons. The number of thiazole rings is 1. The summed E-state index contributed by atoms with van der Waals surface area (Å²) in [6.07, 6.45) is 1.47. The molecule has 1 amide bonds. The van der Waals surface area contributed by atoms with E-state index < -0.39 is 0 Å². The van der Waals surface area contributed by atoms with Gasteiger partial charge in [0.2, 0.25) is 0 Å². The lowest BCUT2D eigenvalue weighted by atomic mass is 10.2. The molecule has 2 rings (SSSR count). The number of hydrogen-bond donors (Lipinski definition) is 2. The summed E-state index contributed by atoms with van der Waals surface area (Å²) >= 11 is 7.01. The first-order valence-electron chi connectivity index (χ1n) is 4.89. The zero-order valence-corrected chi connectivity index (χ0v) is 10.4. The van der Waals surface area contributed by atoms with Crippen LogP contribution < -0.4 is 11.1 Å². The summed E-state index contributed by atoms with van der Waals surface area (Å²) in [6, 6.07) is 7.33. The topological polar surface area (TPSA) is 68.0 Å². The number of halogens is 1. The standard InChI is InChI=1S/C11H10ClN3OS/c12-8-3-1-2-7(4-8)5-14-10(16)9-6-15-11(13)17-9/h1-4,6H,5H2,(H2,13,15)(H,14,16). The van der Waals surface area contributed by atoms with Gasteiger partial charge in [0.05, 0.1) is 6.20 Å². The lowest BCUT2D eigenvalue weighted by Gasteiger charge is -2.03. The van der Waals surface area contributed by atoms with Gasteiger partial charge in [0.25, 0.3) is 5.91 Å². The van der Waals surface area contributed by atoms with E-state index in [9.17, 15) is 4.79 Å². The second-order valence-electron chi connectivity index (χ2n) is 3.38. The lowest BCUT2D eigenvalue weighted by molar-refractivity contribution is 0.0955. The Morgan fingerprint density at radius 2 is 2.35 bits per heavy atom. The van der Waals surface area contributed by atoms with Crippen molar-refractivity contribution in [2.24, 2.45) is 0 Å². The highest BCUT2D eigenvalue weighted by molar-refractivity contribution is 7.17. The average Bonchev–Trinajstić information content (AvgIpc) is 2.73. The quantitative estimate of drug-likeness (QED) is 0.897. The second kappa shape index (κ2) is 5.16. The summed E-state index contributed by atoms with van der Waals surface area (Å²) < 4.78 is 0. The second-order valence-corrected chi connectivity index (χ2v) is 4.87. The van der Waals surface area contributed by atoms with E-state index >= 15 is 0 Å². The number of nitrogen functional groups attached to an aromatic ring is 1. The predicted molar refractivity (Wildman–Crippen MR) is 69.1 cm³/mol. The Morgan fingerprint density at radius 3 is 3.00 bits per heavy atom. The minimum atomic E-state index is -0.181. The van der Waals surface area contributed by atoms with Crippen molar-refractivity contribution >= 4 is 34.0 Å². The van der Waals surface area contributed by atoms with Crippen molar-refractivity contribution in [3.05, 3.63) is 45.9 Å². The van der Waals surface area contributed by atoms with Crippen LogP contribution in [0.4, 0.5) is 5.13 Å². The Bertz CT molecular complexity index is 541. The summed E-state index contributed by atoms with van der Waals surface area (Å²) in [7, 11) is 0. The summed E-state index contributed by atoms with van der Waals surface area (Å²) in [5.41, 5.74) is 6.40. The SMILES string of the molecule is Nc1ncc(C(=O)NCc2cccc(Cl)c2)s1. The normalized spacial score (nSPS) is 10.2. The van der Waals surface area contributed by atoms with E-state index in [1.165, 1.54) is 6.20 Å². The number of nitrogens with two attached hydrogens (primary N) is 1. The fourth-order valence-electron chi connectivity index (χ4n) is 1.31. The molecule has 1 aromatic carbocycles. The minimum absolute atomic E-state index is 0.181. The Morgan fingerprint density at radius 1 is 1.53 bits per heavy atom. The highest BCUT2D eigenvalue weighted by Crippen LogP contribution is 2.14. The molecular weight excluding hydrogens is 258 g/mol. The van der Waals surface area contributed by atoms with Gasteiger partial charge >= 0.3 is 0 Å². The van der Waals surface area contributed by atoms with Crippen molar-refractivity contribution in [3.63, 3.8) is 0 Å². The molecule has 1 aromatic heterocycles. The molecule has 0 fully saturated rings. The third-order valence-corrected chi connectivity index (χ3v) is 3.15. The van der Waals surface area contributed by atoms with Gasteiger partial charge in [-0.15, -0.1) is 0 Å². The van der Waals surface area contributed by atoms with Crippen LogP contribution in [0.5, 0.6) is 0 Å². The maximum absolute atomic E-state index is 11.7. The van der Waals surface area contributed by atoms with Crippen LogP contribution in [0.3, 0.4) is 0 Å². The van der Waals surface area contributed by atoms with Crippen LogP contribution in [0.15, 0.2) is 30.5 Å². The number of carbonyl (C=O) groups excluding carboxylic acids is 1. The van der Waals surface area contributed by atoms with Crippen LogP contribution >= 0.6 is 22.9 Å². The largest absolute Gasteiger partial charge is 0.375 e. The number of carbonyl (C=O) groups is 1. The molecule has 0 saturated carbocycles. The molecule has 0 spiro atoms. The number of hydrogen-bond acceptors (Lipinski definition) is 4. The maximum atomic E-state index is 11.7. The van der Waals surface area contributed by atoms with Gasteiger partial charge in [0.15, 0.2) is 5.13 Å². The maximum Gasteiger partial charge on any atom is 0.263 e. The molecule has 1 heterocycles. The zero-order valence-electron chi connectivity index (χ0n) is 8.81. The van der Waals surface area contributed by atoms with Crippen molar-refractivity contribution in [2.75, 3.05) is 5.73 Å². The monoisotopic (exact) mass is 267 g/mol. The van der Waals surface area contributed by atoms with Crippen LogP contribution in [0, 0.1) is 0 Å². The lowest BCUT2D eigenvalue weighted by Crippen LogP contribution is -2.21. The van der Waals surface area contributed by atoms with Crippen LogP contribution in [0.2, 0.25) is 5.02 Å².